The van der Waals surface area contributed by atoms with Crippen LogP contribution in [0.25, 0.3) is 0 Å². The van der Waals surface area contributed by atoms with Crippen molar-refractivity contribution in [2.45, 2.75) is 35.7 Å². The average molecular weight is 691 g/mol. The number of anilines is 1. The number of carbonyl (C=O) groups excluding carboxylic acids is 2. The Labute approximate surface area is 285 Å². The summed E-state index contributed by atoms with van der Waals surface area (Å²) in [6.07, 6.45) is 0.359. The van der Waals surface area contributed by atoms with Crippen LogP contribution in [0.5, 0.6) is 17.4 Å². The third kappa shape index (κ3) is 6.46. The highest BCUT2D eigenvalue weighted by Crippen LogP contribution is 2.49. The van der Waals surface area contributed by atoms with Crippen molar-refractivity contribution in [2.24, 2.45) is 5.92 Å². The molecule has 0 bridgehead atoms. The normalized spacial score (nSPS) is 23.9. The first-order valence-electron chi connectivity index (χ1n) is 16.0. The number of pyridine rings is 1. The van der Waals surface area contributed by atoms with Crippen LogP contribution in [0.3, 0.4) is 0 Å². The lowest BCUT2D eigenvalue weighted by Gasteiger charge is -2.52. The van der Waals surface area contributed by atoms with Crippen molar-refractivity contribution in [3.05, 3.63) is 71.9 Å². The minimum absolute atomic E-state index is 0.0882. The van der Waals surface area contributed by atoms with E-state index in [1.54, 1.807) is 36.5 Å². The van der Waals surface area contributed by atoms with E-state index < -0.39 is 46.0 Å². The lowest BCUT2D eigenvalue weighted by atomic mass is 9.69. The van der Waals surface area contributed by atoms with Crippen molar-refractivity contribution < 1.29 is 36.4 Å². The molecule has 2 saturated heterocycles. The van der Waals surface area contributed by atoms with Gasteiger partial charge in [0.15, 0.2) is 0 Å². The van der Waals surface area contributed by atoms with E-state index in [0.717, 1.165) is 0 Å². The van der Waals surface area contributed by atoms with Crippen molar-refractivity contribution in [3.8, 4) is 23.4 Å². The molecule has 3 aromatic rings. The zero-order chi connectivity index (χ0) is 34.7. The van der Waals surface area contributed by atoms with E-state index in [1.165, 1.54) is 37.3 Å². The molecule has 49 heavy (non-hydrogen) atoms. The maximum Gasteiger partial charge on any atom is 0.426 e. The van der Waals surface area contributed by atoms with E-state index in [-0.39, 0.29) is 23.1 Å². The molecule has 4 heterocycles. The van der Waals surface area contributed by atoms with Gasteiger partial charge in [0.05, 0.1) is 44.8 Å². The van der Waals surface area contributed by atoms with Gasteiger partial charge in [-0.25, -0.2) is 9.78 Å². The van der Waals surface area contributed by atoms with Crippen LogP contribution in [0.4, 0.5) is 10.5 Å². The van der Waals surface area contributed by atoms with E-state index in [1.807, 2.05) is 13.0 Å². The van der Waals surface area contributed by atoms with Gasteiger partial charge in [-0.15, -0.1) is 0 Å². The number of nitrogens with zero attached hydrogens (tertiary/aromatic N) is 4. The lowest BCUT2D eigenvalue weighted by molar-refractivity contribution is -0.119. The quantitative estimate of drug-likeness (QED) is 0.315. The van der Waals surface area contributed by atoms with Gasteiger partial charge in [0.2, 0.25) is 11.8 Å². The van der Waals surface area contributed by atoms with Gasteiger partial charge >= 0.3 is 16.2 Å². The van der Waals surface area contributed by atoms with Crippen LogP contribution < -0.4 is 24.8 Å². The summed E-state index contributed by atoms with van der Waals surface area (Å²) in [5, 5.41) is 17.0. The fraction of sp³-hybridized carbons (Fsp3) is 0.412. The summed E-state index contributed by atoms with van der Waals surface area (Å²) in [4.78, 5) is 35.9. The fourth-order valence-electron chi connectivity index (χ4n) is 7.27. The van der Waals surface area contributed by atoms with E-state index in [9.17, 15) is 23.3 Å². The molecule has 6 rings (SSSR count). The second-order valence-corrected chi connectivity index (χ2v) is 13.4. The Morgan fingerprint density at radius 1 is 1.04 bits per heavy atom. The van der Waals surface area contributed by atoms with Crippen LogP contribution in [-0.4, -0.2) is 101 Å². The molecular weight excluding hydrogens is 652 g/mol. The number of rotatable bonds is 9. The molecule has 0 saturated carbocycles. The molecule has 5 atom stereocenters. The van der Waals surface area contributed by atoms with Gasteiger partial charge in [-0.05, 0) is 36.8 Å². The summed E-state index contributed by atoms with van der Waals surface area (Å²) in [6.45, 7) is 4.50. The number of piperidine rings is 1. The Balaban J connectivity index is 1.52. The van der Waals surface area contributed by atoms with Crippen LogP contribution in [-0.2, 0) is 19.1 Å². The van der Waals surface area contributed by atoms with Crippen LogP contribution >= 0.6 is 0 Å². The highest BCUT2D eigenvalue weighted by atomic mass is 32.2. The van der Waals surface area contributed by atoms with Gasteiger partial charge in [-0.3, -0.25) is 9.69 Å². The van der Waals surface area contributed by atoms with Gasteiger partial charge in [0.25, 0.3) is 0 Å². The molecule has 5 unspecified atom stereocenters. The van der Waals surface area contributed by atoms with Crippen molar-refractivity contribution in [1.82, 2.24) is 20.1 Å². The zero-order valence-corrected chi connectivity index (χ0v) is 28.2. The van der Waals surface area contributed by atoms with Crippen LogP contribution in [0.15, 0.2) is 65.7 Å². The first-order valence-corrected chi connectivity index (χ1v) is 17.4. The SMILES string of the molecule is CCOc1ncccc1C1C(N2CCNCC2)C(C#N)CN(C(=O)OS(=O)(=O)c2ccc(OC)cc2OC)C1C1C(=O)Nc2ccccc21. The number of ether oxygens (including phenoxy) is 3. The van der Waals surface area contributed by atoms with Gasteiger partial charge in [0.1, 0.15) is 16.4 Å². The molecule has 3 aliphatic rings. The molecule has 258 valence electrons. The van der Waals surface area contributed by atoms with Gasteiger partial charge in [-0.1, -0.05) is 24.3 Å². The molecule has 2 N–H and O–H groups in total. The number of nitrogens with one attached hydrogen (secondary N) is 2. The van der Waals surface area contributed by atoms with Crippen molar-refractivity contribution >= 4 is 27.8 Å². The number of likely N-dealkylation sites (tertiary alicyclic amines) is 1. The Morgan fingerprint density at radius 2 is 1.80 bits per heavy atom. The number of amides is 2. The molecular formula is C34H38N6O8S. The third-order valence-corrected chi connectivity index (χ3v) is 10.6. The number of aromatic nitrogens is 1. The minimum Gasteiger partial charge on any atom is -0.497 e. The molecule has 2 aromatic carbocycles. The zero-order valence-electron chi connectivity index (χ0n) is 27.4. The smallest absolute Gasteiger partial charge is 0.426 e. The Bertz CT molecular complexity index is 1860. The summed E-state index contributed by atoms with van der Waals surface area (Å²) in [5.41, 5.74) is 1.81. The number of piperazine rings is 1. The summed E-state index contributed by atoms with van der Waals surface area (Å²) in [7, 11) is -2.06. The van der Waals surface area contributed by atoms with Crippen molar-refractivity contribution in [1.29, 1.82) is 5.26 Å². The summed E-state index contributed by atoms with van der Waals surface area (Å²) in [5.74, 6) is -2.32. The average Bonchev–Trinajstić information content (AvgIpc) is 3.46. The maximum absolute atomic E-state index is 14.4. The summed E-state index contributed by atoms with van der Waals surface area (Å²) < 4.78 is 49.3. The number of fused-ring (bicyclic) bond motifs is 1. The second kappa shape index (κ2) is 14.3. The number of methoxy groups -OCH3 is 2. The first kappa shape index (κ1) is 34.0. The number of benzene rings is 2. The highest BCUT2D eigenvalue weighted by Gasteiger charge is 2.56. The van der Waals surface area contributed by atoms with Gasteiger partial charge < -0.3 is 33.9 Å². The number of carbonyl (C=O) groups is 2. The number of para-hydroxylation sites is 1. The van der Waals surface area contributed by atoms with Crippen LogP contribution in [0.1, 0.15) is 29.9 Å². The van der Waals surface area contributed by atoms with Gasteiger partial charge in [-0.2, -0.15) is 13.7 Å². The van der Waals surface area contributed by atoms with E-state index in [0.29, 0.717) is 61.2 Å². The molecule has 2 fully saturated rings. The topological polar surface area (TPSA) is 172 Å². The van der Waals surface area contributed by atoms with Crippen LogP contribution in [0, 0.1) is 17.2 Å². The Kier molecular flexibility index (Phi) is 9.91. The molecule has 0 aliphatic carbocycles. The standard InChI is InChI=1S/C34H38N6O8S/c1-4-47-33-24(9-7-13-37-33)28-30(39-16-14-36-15-17-39)21(19-35)20-40(31(28)29-23-8-5-6-10-25(23)38-32(29)41)34(42)48-49(43,44)27-12-11-22(45-2)18-26(27)46-3/h5-13,18,21,28-31,36H,4,14-17,20H2,1-3H3,(H,38,41). The maximum atomic E-state index is 14.4. The third-order valence-electron chi connectivity index (χ3n) is 9.31. The number of hydrogen-bond donors (Lipinski definition) is 2. The van der Waals surface area contributed by atoms with Crippen LogP contribution in [0.2, 0.25) is 0 Å². The molecule has 0 radical (unpaired) electrons. The van der Waals surface area contributed by atoms with Gasteiger partial charge in [0, 0.05) is 68.2 Å². The van der Waals surface area contributed by atoms with Crippen molar-refractivity contribution in [2.75, 3.05) is 58.9 Å². The second-order valence-electron chi connectivity index (χ2n) is 11.9. The Hall–Kier alpha value is -4.91. The lowest BCUT2D eigenvalue weighted by Crippen LogP contribution is -2.65. The molecule has 15 heteroatoms. The predicted octanol–water partition coefficient (Wildman–Crippen LogP) is 2.94. The summed E-state index contributed by atoms with van der Waals surface area (Å²) in [6, 6.07) is 15.6. The fourth-order valence-corrected chi connectivity index (χ4v) is 8.27. The molecule has 1 aromatic heterocycles. The number of hydrogen-bond acceptors (Lipinski definition) is 12. The molecule has 3 aliphatic heterocycles. The van der Waals surface area contributed by atoms with Crippen molar-refractivity contribution in [3.63, 3.8) is 0 Å². The van der Waals surface area contributed by atoms with E-state index in [2.05, 4.69) is 26.6 Å². The summed E-state index contributed by atoms with van der Waals surface area (Å²) >= 11 is 0. The minimum atomic E-state index is -4.77. The highest BCUT2D eigenvalue weighted by molar-refractivity contribution is 7.87. The van der Waals surface area contributed by atoms with E-state index >= 15 is 0 Å². The van der Waals surface area contributed by atoms with E-state index in [4.69, 9.17) is 18.4 Å². The Morgan fingerprint density at radius 3 is 2.51 bits per heavy atom. The number of nitriles is 1. The first-order chi connectivity index (χ1) is 23.7. The monoisotopic (exact) mass is 690 g/mol. The largest absolute Gasteiger partial charge is 0.497 e. The molecule has 2 amide bonds. The molecule has 0 spiro atoms. The predicted molar refractivity (Wildman–Crippen MR) is 177 cm³/mol. The molecule has 14 nitrogen and oxygen atoms in total.